The van der Waals surface area contributed by atoms with Gasteiger partial charge >= 0.3 is 0 Å². The number of fused-ring (bicyclic) bond motifs is 9. The lowest BCUT2D eigenvalue weighted by molar-refractivity contribution is 0.668. The van der Waals surface area contributed by atoms with Gasteiger partial charge in [-0.15, -0.1) is 0 Å². The summed E-state index contributed by atoms with van der Waals surface area (Å²) in [6, 6.07) is 106. The molecular weight excluding hydrogens is 999 g/mol. The Morgan fingerprint density at radius 3 is 0.829 bits per heavy atom. The number of furan rings is 3. The zero-order chi connectivity index (χ0) is 54.1. The highest BCUT2D eigenvalue weighted by molar-refractivity contribution is 6.10. The van der Waals surface area contributed by atoms with Crippen LogP contribution in [-0.2, 0) is 0 Å². The van der Waals surface area contributed by atoms with E-state index < -0.39 is 0 Å². The zero-order valence-corrected chi connectivity index (χ0v) is 44.5. The summed E-state index contributed by atoms with van der Waals surface area (Å²) < 4.78 is 18.6. The van der Waals surface area contributed by atoms with E-state index in [0.29, 0.717) is 0 Å². The number of anilines is 3. The fourth-order valence-electron chi connectivity index (χ4n) is 12.0. The number of rotatable bonds is 10. The van der Waals surface area contributed by atoms with Gasteiger partial charge in [0, 0.05) is 54.9 Å². The molecule has 0 aliphatic carbocycles. The molecule has 0 bridgehead atoms. The molecule has 0 atom stereocenters. The molecule has 0 spiro atoms. The Balaban J connectivity index is 0.678. The summed E-state index contributed by atoms with van der Waals surface area (Å²) in [4.78, 5) is 2.34. The monoisotopic (exact) mass is 1050 g/mol. The number of benzene rings is 13. The molecule has 0 aliphatic heterocycles. The quantitative estimate of drug-likeness (QED) is 0.137. The second kappa shape index (κ2) is 19.5. The molecule has 4 nitrogen and oxygen atoms in total. The van der Waals surface area contributed by atoms with Crippen molar-refractivity contribution in [3.05, 3.63) is 297 Å². The van der Waals surface area contributed by atoms with E-state index in [1.807, 2.05) is 36.4 Å². The van der Waals surface area contributed by atoms with Gasteiger partial charge in [0.2, 0.25) is 0 Å². The Labute approximate surface area is 473 Å². The van der Waals surface area contributed by atoms with Gasteiger partial charge in [-0.3, -0.25) is 0 Å². The van der Waals surface area contributed by atoms with Crippen LogP contribution in [0.15, 0.2) is 311 Å². The maximum absolute atomic E-state index is 6.36. The zero-order valence-electron chi connectivity index (χ0n) is 44.5. The van der Waals surface area contributed by atoms with Gasteiger partial charge in [-0.05, 0) is 151 Å². The van der Waals surface area contributed by atoms with Crippen molar-refractivity contribution in [1.82, 2.24) is 0 Å². The van der Waals surface area contributed by atoms with Crippen LogP contribution in [0.25, 0.3) is 144 Å². The number of hydrogen-bond acceptors (Lipinski definition) is 4. The maximum Gasteiger partial charge on any atom is 0.143 e. The summed E-state index contributed by atoms with van der Waals surface area (Å²) in [7, 11) is 0. The minimum absolute atomic E-state index is 0.904. The van der Waals surface area contributed by atoms with Crippen LogP contribution in [0.3, 0.4) is 0 Å². The molecule has 16 rings (SSSR count). The van der Waals surface area contributed by atoms with E-state index in [9.17, 15) is 0 Å². The van der Waals surface area contributed by atoms with E-state index in [4.69, 9.17) is 13.3 Å². The van der Waals surface area contributed by atoms with Crippen molar-refractivity contribution in [2.45, 2.75) is 0 Å². The lowest BCUT2D eigenvalue weighted by Gasteiger charge is -2.26. The highest BCUT2D eigenvalue weighted by atomic mass is 16.3. The van der Waals surface area contributed by atoms with Crippen LogP contribution in [-0.4, -0.2) is 0 Å². The normalized spacial score (nSPS) is 11.7. The molecule has 0 aliphatic rings. The molecule has 0 unspecified atom stereocenters. The van der Waals surface area contributed by atoms with Crippen molar-refractivity contribution < 1.29 is 13.3 Å². The molecule has 13 aromatic carbocycles. The van der Waals surface area contributed by atoms with E-state index in [2.05, 4.69) is 266 Å². The Bertz CT molecular complexity index is 4830. The lowest BCUT2D eigenvalue weighted by atomic mass is 9.97. The third-order valence-corrected chi connectivity index (χ3v) is 16.4. The second-order valence-corrected chi connectivity index (χ2v) is 21.2. The van der Waals surface area contributed by atoms with Crippen molar-refractivity contribution in [3.8, 4) is 77.9 Å². The SMILES string of the molecule is c1ccc2c(c1)oc1ccc(-c3ccc(-c4ccc(N(c5ccc(-c6ccc(-c7ccc(-c8cccc9c8oc8ccccc89)cc7)cc6)cc5)c5ccc(-c6ccc(-c7ccc8oc9ccccc9c8c7)cc6)cc5)cc4)cc3)cc12. The second-order valence-electron chi connectivity index (χ2n) is 21.2. The van der Waals surface area contributed by atoms with Crippen LogP contribution in [0.2, 0.25) is 0 Å². The first kappa shape index (κ1) is 47.1. The van der Waals surface area contributed by atoms with Crippen molar-refractivity contribution >= 4 is 82.9 Å². The topological polar surface area (TPSA) is 42.7 Å². The summed E-state index contributed by atoms with van der Waals surface area (Å²) in [5.74, 6) is 0. The largest absolute Gasteiger partial charge is 0.456 e. The molecule has 0 saturated carbocycles. The molecule has 0 saturated heterocycles. The molecule has 3 heterocycles. The summed E-state index contributed by atoms with van der Waals surface area (Å²) in [6.07, 6.45) is 0. The summed E-state index contributed by atoms with van der Waals surface area (Å²) in [6.45, 7) is 0. The van der Waals surface area contributed by atoms with Crippen molar-refractivity contribution in [1.29, 1.82) is 0 Å². The Morgan fingerprint density at radius 1 is 0.183 bits per heavy atom. The average molecular weight is 1050 g/mol. The predicted molar refractivity (Wildman–Crippen MR) is 341 cm³/mol. The molecule has 82 heavy (non-hydrogen) atoms. The maximum atomic E-state index is 6.36. The minimum atomic E-state index is 0.904. The fourth-order valence-corrected chi connectivity index (χ4v) is 12.0. The fraction of sp³-hybridized carbons (Fsp3) is 0. The van der Waals surface area contributed by atoms with Crippen LogP contribution in [0.1, 0.15) is 0 Å². The average Bonchev–Trinajstić information content (AvgIpc) is 4.30. The number of hydrogen-bond donors (Lipinski definition) is 0. The highest BCUT2D eigenvalue weighted by Gasteiger charge is 2.17. The Morgan fingerprint density at radius 2 is 0.451 bits per heavy atom. The molecule has 0 N–H and O–H groups in total. The van der Waals surface area contributed by atoms with Gasteiger partial charge in [0.1, 0.15) is 33.5 Å². The molecule has 0 fully saturated rings. The molecule has 384 valence electrons. The van der Waals surface area contributed by atoms with Crippen molar-refractivity contribution in [2.24, 2.45) is 0 Å². The van der Waals surface area contributed by atoms with Gasteiger partial charge in [-0.1, -0.05) is 218 Å². The first-order valence-corrected chi connectivity index (χ1v) is 27.8. The van der Waals surface area contributed by atoms with Crippen LogP contribution in [0.5, 0.6) is 0 Å². The Hall–Kier alpha value is -10.9. The lowest BCUT2D eigenvalue weighted by Crippen LogP contribution is -2.09. The van der Waals surface area contributed by atoms with Gasteiger partial charge in [0.15, 0.2) is 0 Å². The summed E-state index contributed by atoms with van der Waals surface area (Å²) in [5, 5.41) is 6.81. The van der Waals surface area contributed by atoms with Gasteiger partial charge in [-0.25, -0.2) is 0 Å². The first-order chi connectivity index (χ1) is 40.6. The van der Waals surface area contributed by atoms with Gasteiger partial charge < -0.3 is 18.2 Å². The van der Waals surface area contributed by atoms with E-state index >= 15 is 0 Å². The summed E-state index contributed by atoms with van der Waals surface area (Å²) in [5.41, 5.74) is 24.8. The predicted octanol–water partition coefficient (Wildman–Crippen LogP) is 22.5. The van der Waals surface area contributed by atoms with E-state index in [1.54, 1.807) is 0 Å². The molecule has 0 radical (unpaired) electrons. The molecule has 4 heteroatoms. The minimum Gasteiger partial charge on any atom is -0.456 e. The summed E-state index contributed by atoms with van der Waals surface area (Å²) >= 11 is 0. The van der Waals surface area contributed by atoms with E-state index in [0.717, 1.165) is 139 Å². The number of para-hydroxylation sites is 4. The highest BCUT2D eigenvalue weighted by Crippen LogP contribution is 2.41. The van der Waals surface area contributed by atoms with E-state index in [1.165, 1.54) is 22.3 Å². The van der Waals surface area contributed by atoms with Crippen LogP contribution >= 0.6 is 0 Å². The van der Waals surface area contributed by atoms with Crippen molar-refractivity contribution in [2.75, 3.05) is 4.90 Å². The van der Waals surface area contributed by atoms with Gasteiger partial charge in [0.25, 0.3) is 0 Å². The van der Waals surface area contributed by atoms with Gasteiger partial charge in [-0.2, -0.15) is 0 Å². The molecule has 3 aromatic heterocycles. The van der Waals surface area contributed by atoms with Gasteiger partial charge in [0.05, 0.1) is 0 Å². The molecule has 0 amide bonds. The van der Waals surface area contributed by atoms with E-state index in [-0.39, 0.29) is 0 Å². The van der Waals surface area contributed by atoms with Crippen molar-refractivity contribution in [3.63, 3.8) is 0 Å². The van der Waals surface area contributed by atoms with Crippen LogP contribution < -0.4 is 4.90 Å². The first-order valence-electron chi connectivity index (χ1n) is 27.8. The third-order valence-electron chi connectivity index (χ3n) is 16.4. The van der Waals surface area contributed by atoms with Crippen LogP contribution in [0.4, 0.5) is 17.1 Å². The molecule has 16 aromatic rings. The number of nitrogens with zero attached hydrogens (tertiary/aromatic N) is 1. The van der Waals surface area contributed by atoms with Crippen LogP contribution in [0, 0.1) is 0 Å². The smallest absolute Gasteiger partial charge is 0.143 e. The third kappa shape index (κ3) is 8.32. The molecular formula is C78H49NO3. The Kier molecular flexibility index (Phi) is 11.2. The standard InChI is InChI=1S/C78H49NO3/c1-6-15-75-67(8-1)70-12-7-11-66(78(70)82-75)60-30-28-54(29-31-60)50-16-18-51(19-17-50)55-32-40-63(41-33-55)79(64-42-34-56(35-43-64)52-20-24-58(25-21-52)61-38-46-76-71(48-61)68-9-2-4-13-73(68)80-76)65-44-36-57(37-45-65)53-22-26-59(27-23-53)62-39-47-77-72(49-62)69-10-3-5-14-74(69)81-77/h1-49H.